The zero-order valence-electron chi connectivity index (χ0n) is 25.6. The molecule has 9 nitrogen and oxygen atoms in total. The van der Waals surface area contributed by atoms with Crippen molar-refractivity contribution in [1.82, 2.24) is 4.57 Å². The molecule has 0 radical (unpaired) electrons. The normalized spacial score (nSPS) is 15.0. The zero-order chi connectivity index (χ0) is 31.4. The van der Waals surface area contributed by atoms with E-state index in [0.29, 0.717) is 54.7 Å². The molecular formula is C32H37BrN2O7S. The van der Waals surface area contributed by atoms with E-state index in [0.717, 1.165) is 5.56 Å². The largest absolute Gasteiger partial charge is 0.493 e. The Balaban J connectivity index is 1.92. The monoisotopic (exact) mass is 672 g/mol. The van der Waals surface area contributed by atoms with Gasteiger partial charge < -0.3 is 23.7 Å². The zero-order valence-corrected chi connectivity index (χ0v) is 28.1. The molecular weight excluding hydrogens is 636 g/mol. The number of fused-ring (bicyclic) bond motifs is 1. The van der Waals surface area contributed by atoms with E-state index >= 15 is 0 Å². The van der Waals surface area contributed by atoms with Crippen molar-refractivity contribution in [2.24, 2.45) is 4.99 Å². The molecule has 43 heavy (non-hydrogen) atoms. The molecule has 0 aliphatic carbocycles. The van der Waals surface area contributed by atoms with Gasteiger partial charge in [0.15, 0.2) is 27.8 Å². The SMILES string of the molecule is CCOC(=O)C1=C(C)N=c2s/c(=C/c3cc(Br)c(OC(C)C)c(OCC)c3)c(=O)n2[C@@H]1c1ccc(OC(C)C)c(OC)c1. The minimum Gasteiger partial charge on any atom is -0.493 e. The van der Waals surface area contributed by atoms with Gasteiger partial charge in [-0.25, -0.2) is 9.79 Å². The fourth-order valence-electron chi connectivity index (χ4n) is 4.75. The summed E-state index contributed by atoms with van der Waals surface area (Å²) < 4.78 is 31.5. The lowest BCUT2D eigenvalue weighted by Gasteiger charge is -2.25. The van der Waals surface area contributed by atoms with Gasteiger partial charge in [-0.2, -0.15) is 0 Å². The van der Waals surface area contributed by atoms with Crippen LogP contribution in [-0.2, 0) is 9.53 Å². The lowest BCUT2D eigenvalue weighted by atomic mass is 9.95. The number of rotatable bonds is 11. The summed E-state index contributed by atoms with van der Waals surface area (Å²) in [5.74, 6) is 1.69. The number of allylic oxidation sites excluding steroid dienone is 1. The van der Waals surface area contributed by atoms with Crippen molar-refractivity contribution in [3.8, 4) is 23.0 Å². The Morgan fingerprint density at radius 2 is 1.77 bits per heavy atom. The van der Waals surface area contributed by atoms with Crippen LogP contribution in [0.2, 0.25) is 0 Å². The van der Waals surface area contributed by atoms with Gasteiger partial charge in [0.05, 0.1) is 58.8 Å². The van der Waals surface area contributed by atoms with E-state index in [9.17, 15) is 9.59 Å². The standard InChI is InChI=1S/C32H37BrN2O7S/c1-9-39-25-14-20(13-22(33)29(25)42-18(5)6)15-26-30(36)35-28(21-11-12-23(41-17(3)4)24(16-21)38-8)27(31(37)40-10-2)19(7)34-32(35)43-26/h11-18,28H,9-10H2,1-8H3/b26-15+/t28-/m1/s1. The van der Waals surface area contributed by atoms with E-state index in [1.54, 1.807) is 43.7 Å². The molecule has 4 rings (SSSR count). The van der Waals surface area contributed by atoms with Crippen LogP contribution in [0.4, 0.5) is 0 Å². The number of thiazole rings is 1. The third-order valence-corrected chi connectivity index (χ3v) is 7.94. The molecule has 0 saturated heterocycles. The molecule has 0 bridgehead atoms. The fraction of sp³-hybridized carbons (Fsp3) is 0.406. The van der Waals surface area contributed by atoms with Crippen LogP contribution in [0.1, 0.15) is 65.6 Å². The molecule has 2 heterocycles. The quantitative estimate of drug-likeness (QED) is 0.247. The molecule has 1 aliphatic rings. The lowest BCUT2D eigenvalue weighted by molar-refractivity contribution is -0.139. The molecule has 3 aromatic rings. The first-order valence-corrected chi connectivity index (χ1v) is 15.8. The van der Waals surface area contributed by atoms with Gasteiger partial charge in [-0.15, -0.1) is 0 Å². The third-order valence-electron chi connectivity index (χ3n) is 6.37. The summed E-state index contributed by atoms with van der Waals surface area (Å²) in [5, 5.41) is 0. The van der Waals surface area contributed by atoms with Gasteiger partial charge in [0.2, 0.25) is 0 Å². The molecule has 0 amide bonds. The summed E-state index contributed by atoms with van der Waals surface area (Å²) in [6, 6.07) is 8.34. The second kappa shape index (κ2) is 13.8. The van der Waals surface area contributed by atoms with Gasteiger partial charge in [-0.05, 0) is 106 Å². The number of esters is 1. The van der Waals surface area contributed by atoms with Crippen LogP contribution >= 0.6 is 27.3 Å². The number of nitrogens with zero attached hydrogens (tertiary/aromatic N) is 2. The molecule has 0 spiro atoms. The summed E-state index contributed by atoms with van der Waals surface area (Å²) in [6.07, 6.45) is 1.67. The van der Waals surface area contributed by atoms with Gasteiger partial charge in [-0.1, -0.05) is 17.4 Å². The van der Waals surface area contributed by atoms with Crippen LogP contribution in [0.3, 0.4) is 0 Å². The topological polar surface area (TPSA) is 97.6 Å². The molecule has 0 fully saturated rings. The molecule has 1 atom stereocenters. The van der Waals surface area contributed by atoms with E-state index in [1.165, 1.54) is 11.3 Å². The van der Waals surface area contributed by atoms with Crippen LogP contribution < -0.4 is 33.8 Å². The summed E-state index contributed by atoms with van der Waals surface area (Å²) in [6.45, 7) is 13.8. The number of hydrogen-bond acceptors (Lipinski definition) is 9. The van der Waals surface area contributed by atoms with Gasteiger partial charge in [0, 0.05) is 0 Å². The third kappa shape index (κ3) is 6.99. The number of aromatic nitrogens is 1. The predicted molar refractivity (Wildman–Crippen MR) is 170 cm³/mol. The molecule has 0 N–H and O–H groups in total. The molecule has 1 aromatic heterocycles. The van der Waals surface area contributed by atoms with E-state index < -0.39 is 12.0 Å². The summed E-state index contributed by atoms with van der Waals surface area (Å²) in [7, 11) is 1.55. The van der Waals surface area contributed by atoms with Crippen molar-refractivity contribution in [3.63, 3.8) is 0 Å². The average molecular weight is 674 g/mol. The highest BCUT2D eigenvalue weighted by Crippen LogP contribution is 2.38. The van der Waals surface area contributed by atoms with Crippen molar-refractivity contribution in [2.75, 3.05) is 20.3 Å². The number of hydrogen-bond donors (Lipinski definition) is 0. The van der Waals surface area contributed by atoms with Gasteiger partial charge in [-0.3, -0.25) is 9.36 Å². The maximum atomic E-state index is 14.1. The second-order valence-electron chi connectivity index (χ2n) is 10.3. The Morgan fingerprint density at radius 3 is 2.40 bits per heavy atom. The molecule has 0 unspecified atom stereocenters. The van der Waals surface area contributed by atoms with Crippen LogP contribution in [0, 0.1) is 0 Å². The van der Waals surface area contributed by atoms with E-state index in [2.05, 4.69) is 20.9 Å². The van der Waals surface area contributed by atoms with Gasteiger partial charge in [0.25, 0.3) is 5.56 Å². The maximum Gasteiger partial charge on any atom is 0.338 e. The number of benzene rings is 2. The Labute approximate surface area is 263 Å². The summed E-state index contributed by atoms with van der Waals surface area (Å²) in [5.41, 5.74) is 1.88. The number of carbonyl (C=O) groups is 1. The molecule has 230 valence electrons. The smallest absolute Gasteiger partial charge is 0.338 e. The Bertz CT molecular complexity index is 1720. The van der Waals surface area contributed by atoms with E-state index in [4.69, 9.17) is 23.7 Å². The second-order valence-corrected chi connectivity index (χ2v) is 12.2. The highest BCUT2D eigenvalue weighted by atomic mass is 79.9. The summed E-state index contributed by atoms with van der Waals surface area (Å²) in [4.78, 5) is 32.5. The van der Waals surface area contributed by atoms with Crippen molar-refractivity contribution in [2.45, 2.75) is 66.7 Å². The Hall–Kier alpha value is -3.57. The lowest BCUT2D eigenvalue weighted by Crippen LogP contribution is -2.40. The van der Waals surface area contributed by atoms with Crippen LogP contribution in [0.25, 0.3) is 6.08 Å². The first-order valence-electron chi connectivity index (χ1n) is 14.2. The molecule has 2 aromatic carbocycles. The molecule has 1 aliphatic heterocycles. The molecule has 0 saturated carbocycles. The fourth-order valence-corrected chi connectivity index (χ4v) is 6.35. The average Bonchev–Trinajstić information content (AvgIpc) is 3.23. The van der Waals surface area contributed by atoms with Gasteiger partial charge in [0.1, 0.15) is 0 Å². The Morgan fingerprint density at radius 1 is 1.05 bits per heavy atom. The number of carbonyl (C=O) groups excluding carboxylic acids is 1. The predicted octanol–water partition coefficient (Wildman–Crippen LogP) is 5.54. The number of ether oxygens (including phenoxy) is 5. The number of halogens is 1. The van der Waals surface area contributed by atoms with Gasteiger partial charge >= 0.3 is 5.97 Å². The van der Waals surface area contributed by atoms with Crippen molar-refractivity contribution >= 4 is 39.3 Å². The molecule has 11 heteroatoms. The van der Waals surface area contributed by atoms with Crippen molar-refractivity contribution in [1.29, 1.82) is 0 Å². The van der Waals surface area contributed by atoms with Crippen LogP contribution in [0.5, 0.6) is 23.0 Å². The van der Waals surface area contributed by atoms with Crippen LogP contribution in [-0.4, -0.2) is 43.1 Å². The van der Waals surface area contributed by atoms with Crippen molar-refractivity contribution in [3.05, 3.63) is 76.9 Å². The highest BCUT2D eigenvalue weighted by Gasteiger charge is 2.34. The van der Waals surface area contributed by atoms with Crippen LogP contribution in [0.15, 0.2) is 55.9 Å². The minimum absolute atomic E-state index is 0.0495. The maximum absolute atomic E-state index is 14.1. The minimum atomic E-state index is -0.785. The number of methoxy groups -OCH3 is 1. The first kappa shape index (κ1) is 32.3. The Kier molecular flexibility index (Phi) is 10.4. The van der Waals surface area contributed by atoms with E-state index in [-0.39, 0.29) is 29.9 Å². The highest BCUT2D eigenvalue weighted by molar-refractivity contribution is 9.10. The van der Waals surface area contributed by atoms with Crippen molar-refractivity contribution < 1.29 is 28.5 Å². The van der Waals surface area contributed by atoms with E-state index in [1.807, 2.05) is 52.8 Å². The summed E-state index contributed by atoms with van der Waals surface area (Å²) >= 11 is 4.85. The first-order chi connectivity index (χ1) is 20.5.